The maximum atomic E-state index is 12.9. The number of thioether (sulfide) groups is 1. The third-order valence-corrected chi connectivity index (χ3v) is 6.33. The standard InChI is InChI=1S/C18H19N3O2S2/c1-24-14-5-3-2-4-12(14)17(23)21-9-8-13-15(10-21)25-18(19-13)20-16(22)11-6-7-11/h2-5,11H,6-10H2,1H3,(H,19,20,22). The molecule has 0 unspecified atom stereocenters. The molecule has 1 aliphatic heterocycles. The lowest BCUT2D eigenvalue weighted by atomic mass is 10.1. The van der Waals surface area contributed by atoms with E-state index >= 15 is 0 Å². The highest BCUT2D eigenvalue weighted by atomic mass is 32.2. The largest absolute Gasteiger partial charge is 0.333 e. The van der Waals surface area contributed by atoms with Crippen LogP contribution < -0.4 is 5.32 Å². The van der Waals surface area contributed by atoms with Gasteiger partial charge >= 0.3 is 0 Å². The minimum atomic E-state index is 0.0626. The number of thiazole rings is 1. The first-order valence-electron chi connectivity index (χ1n) is 8.37. The van der Waals surface area contributed by atoms with Gasteiger partial charge in [-0.05, 0) is 31.2 Å². The lowest BCUT2D eigenvalue weighted by molar-refractivity contribution is -0.117. The van der Waals surface area contributed by atoms with Crippen LogP contribution in [0.4, 0.5) is 5.13 Å². The maximum Gasteiger partial charge on any atom is 0.255 e. The van der Waals surface area contributed by atoms with E-state index in [4.69, 9.17) is 0 Å². The van der Waals surface area contributed by atoms with Crippen LogP contribution in [0.1, 0.15) is 33.8 Å². The van der Waals surface area contributed by atoms with Gasteiger partial charge in [0, 0.05) is 28.7 Å². The molecule has 2 aromatic rings. The Labute approximate surface area is 154 Å². The molecular formula is C18H19N3O2S2. The topological polar surface area (TPSA) is 62.3 Å². The van der Waals surface area contributed by atoms with Gasteiger partial charge in [-0.15, -0.1) is 11.8 Å². The summed E-state index contributed by atoms with van der Waals surface area (Å²) in [6.07, 6.45) is 4.68. The molecule has 0 saturated heterocycles. The molecule has 25 heavy (non-hydrogen) atoms. The SMILES string of the molecule is CSc1ccccc1C(=O)N1CCc2nc(NC(=O)C3CC3)sc2C1. The number of benzene rings is 1. The van der Waals surface area contributed by atoms with Crippen LogP contribution in [0.3, 0.4) is 0 Å². The Morgan fingerprint density at radius 2 is 2.12 bits per heavy atom. The number of carbonyl (C=O) groups excluding carboxylic acids is 2. The molecule has 0 radical (unpaired) electrons. The molecule has 1 aromatic carbocycles. The van der Waals surface area contributed by atoms with Crippen molar-refractivity contribution in [2.24, 2.45) is 5.92 Å². The van der Waals surface area contributed by atoms with Gasteiger partial charge in [-0.3, -0.25) is 9.59 Å². The third kappa shape index (κ3) is 3.43. The predicted octanol–water partition coefficient (Wildman–Crippen LogP) is 3.41. The Morgan fingerprint density at radius 1 is 1.32 bits per heavy atom. The van der Waals surface area contributed by atoms with E-state index in [-0.39, 0.29) is 17.7 Å². The van der Waals surface area contributed by atoms with E-state index in [0.717, 1.165) is 40.3 Å². The molecule has 1 N–H and O–H groups in total. The molecule has 2 amide bonds. The molecule has 5 nitrogen and oxygen atoms in total. The van der Waals surface area contributed by atoms with Gasteiger partial charge in [-0.25, -0.2) is 4.98 Å². The number of hydrogen-bond acceptors (Lipinski definition) is 5. The van der Waals surface area contributed by atoms with Crippen molar-refractivity contribution in [1.29, 1.82) is 0 Å². The fraction of sp³-hybridized carbons (Fsp3) is 0.389. The van der Waals surface area contributed by atoms with E-state index < -0.39 is 0 Å². The van der Waals surface area contributed by atoms with Gasteiger partial charge in [0.2, 0.25) is 5.91 Å². The van der Waals surface area contributed by atoms with Crippen molar-refractivity contribution in [3.63, 3.8) is 0 Å². The van der Waals surface area contributed by atoms with E-state index in [2.05, 4.69) is 10.3 Å². The summed E-state index contributed by atoms with van der Waals surface area (Å²) < 4.78 is 0. The summed E-state index contributed by atoms with van der Waals surface area (Å²) in [4.78, 5) is 33.3. The van der Waals surface area contributed by atoms with Gasteiger partial charge in [0.05, 0.1) is 17.8 Å². The molecule has 1 fully saturated rings. The van der Waals surface area contributed by atoms with E-state index in [1.807, 2.05) is 35.4 Å². The van der Waals surface area contributed by atoms with Crippen LogP contribution in [0.5, 0.6) is 0 Å². The first-order chi connectivity index (χ1) is 12.2. The van der Waals surface area contributed by atoms with Crippen LogP contribution in [0.2, 0.25) is 0 Å². The fourth-order valence-electron chi connectivity index (χ4n) is 2.97. The smallest absolute Gasteiger partial charge is 0.255 e. The predicted molar refractivity (Wildman–Crippen MR) is 100 cm³/mol. The Bertz CT molecular complexity index is 829. The second kappa shape index (κ2) is 6.80. The van der Waals surface area contributed by atoms with Crippen LogP contribution in [0, 0.1) is 5.92 Å². The molecular weight excluding hydrogens is 354 g/mol. The maximum absolute atomic E-state index is 12.9. The normalized spacial score (nSPS) is 16.4. The zero-order valence-electron chi connectivity index (χ0n) is 13.9. The average Bonchev–Trinajstić information content (AvgIpc) is 3.41. The first kappa shape index (κ1) is 16.6. The molecule has 130 valence electrons. The van der Waals surface area contributed by atoms with Crippen molar-refractivity contribution in [2.45, 2.75) is 30.7 Å². The lowest BCUT2D eigenvalue weighted by Gasteiger charge is -2.26. The molecule has 2 aliphatic rings. The number of fused-ring (bicyclic) bond motifs is 1. The summed E-state index contributed by atoms with van der Waals surface area (Å²) in [5.74, 6) is 0.308. The summed E-state index contributed by atoms with van der Waals surface area (Å²) in [7, 11) is 0. The van der Waals surface area contributed by atoms with Gasteiger partial charge < -0.3 is 10.2 Å². The molecule has 1 saturated carbocycles. The van der Waals surface area contributed by atoms with Crippen molar-refractivity contribution in [2.75, 3.05) is 18.1 Å². The molecule has 7 heteroatoms. The highest BCUT2D eigenvalue weighted by molar-refractivity contribution is 7.98. The van der Waals surface area contributed by atoms with Gasteiger partial charge in [0.25, 0.3) is 5.91 Å². The van der Waals surface area contributed by atoms with Crippen LogP contribution in [-0.4, -0.2) is 34.5 Å². The van der Waals surface area contributed by atoms with Gasteiger partial charge in [-0.2, -0.15) is 0 Å². The number of nitrogens with one attached hydrogen (secondary N) is 1. The van der Waals surface area contributed by atoms with Gasteiger partial charge in [0.15, 0.2) is 5.13 Å². The van der Waals surface area contributed by atoms with E-state index in [0.29, 0.717) is 18.2 Å². The molecule has 0 bridgehead atoms. The summed E-state index contributed by atoms with van der Waals surface area (Å²) in [6.45, 7) is 1.22. The summed E-state index contributed by atoms with van der Waals surface area (Å²) in [5.41, 5.74) is 1.77. The minimum Gasteiger partial charge on any atom is -0.333 e. The van der Waals surface area contributed by atoms with Gasteiger partial charge in [-0.1, -0.05) is 23.5 Å². The Morgan fingerprint density at radius 3 is 2.88 bits per heavy atom. The van der Waals surface area contributed by atoms with Crippen LogP contribution in [0.15, 0.2) is 29.2 Å². The highest BCUT2D eigenvalue weighted by Crippen LogP contribution is 2.33. The van der Waals surface area contributed by atoms with Crippen LogP contribution in [-0.2, 0) is 17.8 Å². The van der Waals surface area contributed by atoms with E-state index in [9.17, 15) is 9.59 Å². The van der Waals surface area contributed by atoms with Gasteiger partial charge in [0.1, 0.15) is 0 Å². The number of anilines is 1. The Balaban J connectivity index is 1.49. The molecule has 1 aliphatic carbocycles. The summed E-state index contributed by atoms with van der Waals surface area (Å²) in [6, 6.07) is 7.72. The first-order valence-corrected chi connectivity index (χ1v) is 10.4. The van der Waals surface area contributed by atoms with Crippen molar-refractivity contribution in [3.8, 4) is 0 Å². The fourth-order valence-corrected chi connectivity index (χ4v) is 4.58. The van der Waals surface area contributed by atoms with E-state index in [1.165, 1.54) is 11.3 Å². The third-order valence-electron chi connectivity index (χ3n) is 4.53. The number of rotatable bonds is 4. The quantitative estimate of drug-likeness (QED) is 0.834. The number of carbonyl (C=O) groups is 2. The Hall–Kier alpha value is -1.86. The number of hydrogen-bond donors (Lipinski definition) is 1. The van der Waals surface area contributed by atoms with Crippen molar-refractivity contribution < 1.29 is 9.59 Å². The number of aromatic nitrogens is 1. The average molecular weight is 374 g/mol. The second-order valence-corrected chi connectivity index (χ2v) is 8.26. The monoisotopic (exact) mass is 373 g/mol. The molecule has 2 heterocycles. The zero-order valence-corrected chi connectivity index (χ0v) is 15.6. The molecule has 0 atom stereocenters. The Kier molecular flexibility index (Phi) is 4.52. The zero-order chi connectivity index (χ0) is 17.4. The second-order valence-electron chi connectivity index (χ2n) is 6.33. The van der Waals surface area contributed by atoms with Crippen LogP contribution >= 0.6 is 23.1 Å². The molecule has 0 spiro atoms. The number of nitrogens with zero attached hydrogens (tertiary/aromatic N) is 2. The summed E-state index contributed by atoms with van der Waals surface area (Å²) in [5, 5.41) is 3.58. The van der Waals surface area contributed by atoms with E-state index in [1.54, 1.807) is 11.8 Å². The number of amides is 2. The minimum absolute atomic E-state index is 0.0626. The van der Waals surface area contributed by atoms with Crippen molar-refractivity contribution in [3.05, 3.63) is 40.4 Å². The summed E-state index contributed by atoms with van der Waals surface area (Å²) >= 11 is 3.08. The highest BCUT2D eigenvalue weighted by Gasteiger charge is 2.31. The van der Waals surface area contributed by atoms with Crippen molar-refractivity contribution >= 4 is 40.0 Å². The molecule has 4 rings (SSSR count). The van der Waals surface area contributed by atoms with Crippen molar-refractivity contribution in [1.82, 2.24) is 9.88 Å². The lowest BCUT2D eigenvalue weighted by Crippen LogP contribution is -2.35. The van der Waals surface area contributed by atoms with Crippen LogP contribution in [0.25, 0.3) is 0 Å². The molecule has 1 aromatic heterocycles.